The minimum atomic E-state index is -4.65. The van der Waals surface area contributed by atoms with E-state index in [9.17, 15) is 23.1 Å². The molecule has 2 aliphatic heterocycles. The highest BCUT2D eigenvalue weighted by molar-refractivity contribution is 5.90. The van der Waals surface area contributed by atoms with Gasteiger partial charge in [-0.15, -0.1) is 0 Å². The van der Waals surface area contributed by atoms with Gasteiger partial charge in [0.15, 0.2) is 6.10 Å². The molecule has 0 aromatic heterocycles. The maximum absolute atomic E-state index is 14.5. The third kappa shape index (κ3) is 5.67. The van der Waals surface area contributed by atoms with Crippen molar-refractivity contribution in [2.45, 2.75) is 78.7 Å². The van der Waals surface area contributed by atoms with Crippen LogP contribution in [0.4, 0.5) is 24.5 Å². The molecule has 0 fully saturated rings. The van der Waals surface area contributed by atoms with Gasteiger partial charge in [-0.3, -0.25) is 0 Å². The molecule has 0 spiro atoms. The summed E-state index contributed by atoms with van der Waals surface area (Å²) in [6.45, 7) is 11.7. The molecule has 0 saturated carbocycles. The third-order valence-electron chi connectivity index (χ3n) is 8.24. The number of carboxylic acid groups (broad SMARTS) is 1. The number of carboxylic acids is 1. The molecule has 0 radical (unpaired) electrons. The first-order chi connectivity index (χ1) is 20.1. The summed E-state index contributed by atoms with van der Waals surface area (Å²) in [4.78, 5) is 14.9. The fourth-order valence-electron chi connectivity index (χ4n) is 6.40. The molecule has 6 nitrogen and oxygen atoms in total. The van der Waals surface area contributed by atoms with E-state index in [4.69, 9.17) is 14.2 Å². The van der Waals surface area contributed by atoms with Crippen LogP contribution in [0.5, 0.6) is 11.5 Å². The Morgan fingerprint density at radius 1 is 1.02 bits per heavy atom. The van der Waals surface area contributed by atoms with Gasteiger partial charge in [-0.2, -0.15) is 13.2 Å². The van der Waals surface area contributed by atoms with Crippen molar-refractivity contribution >= 4 is 17.3 Å². The fourth-order valence-corrected chi connectivity index (χ4v) is 6.40. The van der Waals surface area contributed by atoms with E-state index in [1.54, 1.807) is 41.7 Å². The highest BCUT2D eigenvalue weighted by Crippen LogP contribution is 2.51. The zero-order chi connectivity index (χ0) is 31.4. The van der Waals surface area contributed by atoms with Gasteiger partial charge in [0.25, 0.3) is 0 Å². The van der Waals surface area contributed by atoms with E-state index >= 15 is 0 Å². The van der Waals surface area contributed by atoms with Crippen LogP contribution >= 0.6 is 0 Å². The Labute approximate surface area is 250 Å². The lowest BCUT2D eigenvalue weighted by atomic mass is 9.82. The molecule has 230 valence electrons. The van der Waals surface area contributed by atoms with Gasteiger partial charge in [0.05, 0.1) is 24.9 Å². The molecule has 43 heavy (non-hydrogen) atoms. The number of hydrogen-bond donors (Lipinski definition) is 1. The monoisotopic (exact) mass is 597 g/mol. The lowest BCUT2D eigenvalue weighted by molar-refractivity contribution is -0.160. The summed E-state index contributed by atoms with van der Waals surface area (Å²) in [6, 6.07) is 8.95. The first-order valence-corrected chi connectivity index (χ1v) is 14.5. The van der Waals surface area contributed by atoms with Crippen LogP contribution in [0.15, 0.2) is 30.3 Å². The summed E-state index contributed by atoms with van der Waals surface area (Å²) in [6.07, 6.45) is -4.49. The minimum Gasteiger partial charge on any atom is -0.496 e. The second-order valence-electron chi connectivity index (χ2n) is 12.3. The van der Waals surface area contributed by atoms with Gasteiger partial charge in [-0.25, -0.2) is 4.79 Å². The number of hydrogen-bond acceptors (Lipinski definition) is 5. The van der Waals surface area contributed by atoms with Crippen molar-refractivity contribution in [1.82, 2.24) is 0 Å². The van der Waals surface area contributed by atoms with E-state index in [0.29, 0.717) is 59.2 Å². The highest BCUT2D eigenvalue weighted by atomic mass is 19.4. The lowest BCUT2D eigenvalue weighted by Gasteiger charge is -2.31. The molecule has 0 bridgehead atoms. The average Bonchev–Trinajstić information content (AvgIpc) is 3.33. The zero-order valence-electron chi connectivity index (χ0n) is 25.7. The summed E-state index contributed by atoms with van der Waals surface area (Å²) in [5.41, 5.74) is 4.88. The summed E-state index contributed by atoms with van der Waals surface area (Å²) < 4.78 is 60.8. The predicted octanol–water partition coefficient (Wildman–Crippen LogP) is 8.27. The van der Waals surface area contributed by atoms with Crippen LogP contribution in [0.3, 0.4) is 0 Å². The van der Waals surface area contributed by atoms with E-state index in [2.05, 4.69) is 4.90 Å². The Kier molecular flexibility index (Phi) is 7.92. The van der Waals surface area contributed by atoms with E-state index in [1.807, 2.05) is 31.2 Å². The second-order valence-corrected chi connectivity index (χ2v) is 12.3. The van der Waals surface area contributed by atoms with Gasteiger partial charge in [0.2, 0.25) is 0 Å². The smallest absolute Gasteiger partial charge is 0.419 e. The number of rotatable bonds is 6. The number of aliphatic carboxylic acids is 1. The van der Waals surface area contributed by atoms with E-state index in [1.165, 1.54) is 0 Å². The van der Waals surface area contributed by atoms with Crippen molar-refractivity contribution < 1.29 is 37.3 Å². The van der Waals surface area contributed by atoms with Crippen molar-refractivity contribution in [2.75, 3.05) is 25.2 Å². The Bertz CT molecular complexity index is 1590. The van der Waals surface area contributed by atoms with Gasteiger partial charge in [0, 0.05) is 23.5 Å². The molecule has 1 atom stereocenters. The predicted molar refractivity (Wildman–Crippen MR) is 160 cm³/mol. The van der Waals surface area contributed by atoms with Gasteiger partial charge < -0.3 is 24.2 Å². The van der Waals surface area contributed by atoms with Gasteiger partial charge in [-0.05, 0) is 130 Å². The number of methoxy groups -OCH3 is 1. The van der Waals surface area contributed by atoms with E-state index < -0.39 is 29.4 Å². The number of ether oxygens (including phenoxy) is 3. The Morgan fingerprint density at radius 3 is 2.35 bits per heavy atom. The molecular formula is C34H38F3NO5. The molecule has 1 N–H and O–H groups in total. The molecule has 2 heterocycles. The number of benzene rings is 3. The average molecular weight is 598 g/mol. The highest BCUT2D eigenvalue weighted by Gasteiger charge is 2.40. The number of halogens is 3. The van der Waals surface area contributed by atoms with Gasteiger partial charge in [0.1, 0.15) is 11.5 Å². The first kappa shape index (κ1) is 30.7. The van der Waals surface area contributed by atoms with Crippen LogP contribution in [-0.2, 0) is 28.5 Å². The summed E-state index contributed by atoms with van der Waals surface area (Å²) in [5, 5.41) is 10.4. The summed E-state index contributed by atoms with van der Waals surface area (Å²) in [5.74, 6) is -0.567. The SMILES string of the molecule is COc1ccc(N2CCc3c2cc(C)c([C@H](OC(C)(C)C)C(=O)O)c3-c2cc(C(F)(F)F)c3c(c2C)CCCO3)cc1C. The van der Waals surface area contributed by atoms with Crippen LogP contribution in [0.1, 0.15) is 72.2 Å². The van der Waals surface area contributed by atoms with Crippen LogP contribution in [0.25, 0.3) is 11.1 Å². The Balaban J connectivity index is 1.84. The second kappa shape index (κ2) is 11.1. The number of aryl methyl sites for hydroxylation is 2. The number of carbonyl (C=O) groups is 1. The zero-order valence-corrected chi connectivity index (χ0v) is 25.7. The molecule has 5 rings (SSSR count). The maximum Gasteiger partial charge on any atom is 0.419 e. The molecule has 0 aliphatic carbocycles. The molecular weight excluding hydrogens is 559 g/mol. The number of fused-ring (bicyclic) bond motifs is 2. The van der Waals surface area contributed by atoms with Crippen LogP contribution in [0.2, 0.25) is 0 Å². The fraction of sp³-hybridized carbons (Fsp3) is 0.441. The molecule has 0 amide bonds. The largest absolute Gasteiger partial charge is 0.496 e. The molecule has 9 heteroatoms. The lowest BCUT2D eigenvalue weighted by Crippen LogP contribution is -2.28. The van der Waals surface area contributed by atoms with E-state index in [-0.39, 0.29) is 12.4 Å². The molecule has 3 aromatic rings. The molecule has 2 aliphatic rings. The minimum absolute atomic E-state index is 0.123. The summed E-state index contributed by atoms with van der Waals surface area (Å²) >= 11 is 0. The quantitative estimate of drug-likeness (QED) is 0.309. The molecule has 0 unspecified atom stereocenters. The first-order valence-electron chi connectivity index (χ1n) is 14.5. The third-order valence-corrected chi connectivity index (χ3v) is 8.24. The van der Waals surface area contributed by atoms with Crippen molar-refractivity contribution in [2.24, 2.45) is 0 Å². The number of alkyl halides is 3. The Morgan fingerprint density at radius 2 is 1.74 bits per heavy atom. The van der Waals surface area contributed by atoms with E-state index in [0.717, 1.165) is 34.3 Å². The van der Waals surface area contributed by atoms with Crippen molar-refractivity contribution in [3.05, 3.63) is 69.3 Å². The molecule has 0 saturated heterocycles. The maximum atomic E-state index is 14.5. The summed E-state index contributed by atoms with van der Waals surface area (Å²) in [7, 11) is 1.62. The molecule has 3 aromatic carbocycles. The van der Waals surface area contributed by atoms with Crippen LogP contribution in [-0.4, -0.2) is 36.9 Å². The van der Waals surface area contributed by atoms with Crippen molar-refractivity contribution in [3.63, 3.8) is 0 Å². The standard InChI is InChI=1S/C34H38F3NO5/c1-18-15-21(10-11-27(18)41-7)38-13-12-23-26(38)16-19(2)28(31(32(39)40)43-33(4,5)6)29(23)24-17-25(34(35,36)37)30-22(20(24)3)9-8-14-42-30/h10-11,15-17,31H,8-9,12-14H2,1-7H3,(H,39,40)/t31-/m0/s1. The van der Waals surface area contributed by atoms with Crippen LogP contribution < -0.4 is 14.4 Å². The Hall–Kier alpha value is -3.72. The van der Waals surface area contributed by atoms with Gasteiger partial charge in [-0.1, -0.05) is 0 Å². The normalized spacial score (nSPS) is 15.5. The number of anilines is 2. The van der Waals surface area contributed by atoms with Crippen molar-refractivity contribution in [1.29, 1.82) is 0 Å². The van der Waals surface area contributed by atoms with Crippen LogP contribution in [0, 0.1) is 20.8 Å². The topological polar surface area (TPSA) is 68.2 Å². The number of nitrogens with zero attached hydrogens (tertiary/aromatic N) is 1. The van der Waals surface area contributed by atoms with Gasteiger partial charge >= 0.3 is 12.1 Å². The van der Waals surface area contributed by atoms with Crippen molar-refractivity contribution in [3.8, 4) is 22.6 Å².